The molecule has 0 aliphatic heterocycles. The molecule has 0 bridgehead atoms. The summed E-state index contributed by atoms with van der Waals surface area (Å²) in [6.45, 7) is 0. The molecule has 1 unspecified atom stereocenters. The van der Waals surface area contributed by atoms with Gasteiger partial charge in [0.1, 0.15) is 6.04 Å². The summed E-state index contributed by atoms with van der Waals surface area (Å²) in [7, 11) is 0. The Morgan fingerprint density at radius 2 is 1.95 bits per heavy atom. The van der Waals surface area contributed by atoms with E-state index in [0.29, 0.717) is 11.1 Å². The van der Waals surface area contributed by atoms with Gasteiger partial charge in [-0.1, -0.05) is 53.2 Å². The zero-order valence-corrected chi connectivity index (χ0v) is 13.7. The van der Waals surface area contributed by atoms with Gasteiger partial charge in [-0.25, -0.2) is 0 Å². The average Bonchev–Trinajstić information content (AvgIpc) is 2.67. The fraction of sp³-hybridized carbons (Fsp3) is 0.533. The van der Waals surface area contributed by atoms with Crippen molar-refractivity contribution in [2.45, 2.75) is 50.6 Å². The van der Waals surface area contributed by atoms with Crippen LogP contribution in [0.15, 0.2) is 22.7 Å². The number of hydrogen-bond donors (Lipinski definition) is 2. The Balaban J connectivity index is 2.17. The van der Waals surface area contributed by atoms with E-state index >= 15 is 0 Å². The Kier molecular flexibility index (Phi) is 5.87. The number of nitrogens with two attached hydrogens (primary N) is 1. The van der Waals surface area contributed by atoms with Gasteiger partial charge in [0, 0.05) is 15.5 Å². The number of amides is 1. The standard InChI is InChI=1S/C15H20BrClN2O/c16-10-7-8-13(17)12(9-10)14(15(18)20)19-11-5-3-1-2-4-6-11/h7-9,11,14,19H,1-6H2,(H2,18,20). The molecule has 3 nitrogen and oxygen atoms in total. The molecule has 1 atom stereocenters. The molecule has 1 amide bonds. The lowest BCUT2D eigenvalue weighted by Crippen LogP contribution is -2.40. The van der Waals surface area contributed by atoms with Crippen LogP contribution in [0.1, 0.15) is 50.1 Å². The molecule has 0 saturated heterocycles. The maximum absolute atomic E-state index is 11.8. The lowest BCUT2D eigenvalue weighted by molar-refractivity contribution is -0.120. The van der Waals surface area contributed by atoms with Crippen molar-refractivity contribution in [2.24, 2.45) is 5.73 Å². The second-order valence-corrected chi connectivity index (χ2v) is 6.68. The number of primary amides is 1. The van der Waals surface area contributed by atoms with Crippen LogP contribution in [0.3, 0.4) is 0 Å². The highest BCUT2D eigenvalue weighted by atomic mass is 79.9. The van der Waals surface area contributed by atoms with E-state index in [1.807, 2.05) is 12.1 Å². The summed E-state index contributed by atoms with van der Waals surface area (Å²) in [5, 5.41) is 3.97. The smallest absolute Gasteiger partial charge is 0.239 e. The van der Waals surface area contributed by atoms with Crippen molar-refractivity contribution in [1.29, 1.82) is 0 Å². The molecule has 3 N–H and O–H groups in total. The highest BCUT2D eigenvalue weighted by Gasteiger charge is 2.24. The van der Waals surface area contributed by atoms with Crippen LogP contribution in [0.25, 0.3) is 0 Å². The van der Waals surface area contributed by atoms with Crippen LogP contribution in [0.5, 0.6) is 0 Å². The third-order valence-electron chi connectivity index (χ3n) is 3.81. The van der Waals surface area contributed by atoms with Gasteiger partial charge < -0.3 is 5.73 Å². The lowest BCUT2D eigenvalue weighted by atomic mass is 10.0. The van der Waals surface area contributed by atoms with Crippen molar-refractivity contribution in [3.05, 3.63) is 33.3 Å². The topological polar surface area (TPSA) is 55.1 Å². The first-order valence-corrected chi connectivity index (χ1v) is 8.25. The summed E-state index contributed by atoms with van der Waals surface area (Å²) >= 11 is 9.63. The van der Waals surface area contributed by atoms with Crippen LogP contribution in [0, 0.1) is 0 Å². The first kappa shape index (κ1) is 15.8. The zero-order valence-electron chi connectivity index (χ0n) is 11.4. The maximum Gasteiger partial charge on any atom is 0.239 e. The zero-order chi connectivity index (χ0) is 14.5. The molecule has 1 aromatic carbocycles. The molecule has 1 aromatic rings. The largest absolute Gasteiger partial charge is 0.368 e. The number of nitrogens with one attached hydrogen (secondary N) is 1. The van der Waals surface area contributed by atoms with Crippen LogP contribution in [0.4, 0.5) is 0 Å². The summed E-state index contributed by atoms with van der Waals surface area (Å²) in [6.07, 6.45) is 7.14. The van der Waals surface area contributed by atoms with Crippen LogP contribution < -0.4 is 11.1 Å². The Morgan fingerprint density at radius 3 is 2.55 bits per heavy atom. The van der Waals surface area contributed by atoms with Crippen LogP contribution >= 0.6 is 27.5 Å². The van der Waals surface area contributed by atoms with E-state index in [4.69, 9.17) is 17.3 Å². The van der Waals surface area contributed by atoms with E-state index < -0.39 is 6.04 Å². The van der Waals surface area contributed by atoms with Crippen molar-refractivity contribution in [3.8, 4) is 0 Å². The van der Waals surface area contributed by atoms with Gasteiger partial charge in [-0.3, -0.25) is 10.1 Å². The Bertz CT molecular complexity index is 473. The molecule has 1 fully saturated rings. The van der Waals surface area contributed by atoms with Gasteiger partial charge in [0.2, 0.25) is 5.91 Å². The number of carbonyl (C=O) groups is 1. The molecular formula is C15H20BrClN2O. The molecule has 1 aliphatic carbocycles. The van der Waals surface area contributed by atoms with Crippen molar-refractivity contribution in [1.82, 2.24) is 5.32 Å². The number of hydrogen-bond acceptors (Lipinski definition) is 2. The molecule has 1 saturated carbocycles. The second kappa shape index (κ2) is 7.43. The predicted octanol–water partition coefficient (Wildman–Crippen LogP) is 3.94. The number of carbonyl (C=O) groups excluding carboxylic acids is 1. The highest BCUT2D eigenvalue weighted by molar-refractivity contribution is 9.10. The maximum atomic E-state index is 11.8. The minimum absolute atomic E-state index is 0.338. The molecule has 2 rings (SSSR count). The van der Waals surface area contributed by atoms with Crippen molar-refractivity contribution >= 4 is 33.4 Å². The van der Waals surface area contributed by atoms with Gasteiger partial charge in [-0.15, -0.1) is 0 Å². The summed E-state index contributed by atoms with van der Waals surface area (Å²) in [4.78, 5) is 11.8. The molecule has 20 heavy (non-hydrogen) atoms. The molecular weight excluding hydrogens is 340 g/mol. The SMILES string of the molecule is NC(=O)C(NC1CCCCCC1)c1cc(Br)ccc1Cl. The molecule has 5 heteroatoms. The van der Waals surface area contributed by atoms with Gasteiger partial charge in [-0.2, -0.15) is 0 Å². The summed E-state index contributed by atoms with van der Waals surface area (Å²) in [6, 6.07) is 5.32. The van der Waals surface area contributed by atoms with Gasteiger partial charge in [0.25, 0.3) is 0 Å². The average molecular weight is 360 g/mol. The number of rotatable bonds is 4. The first-order chi connectivity index (χ1) is 9.58. The van der Waals surface area contributed by atoms with Gasteiger partial charge in [0.15, 0.2) is 0 Å². The fourth-order valence-electron chi connectivity index (χ4n) is 2.74. The minimum Gasteiger partial charge on any atom is -0.368 e. The van der Waals surface area contributed by atoms with E-state index in [-0.39, 0.29) is 5.91 Å². The summed E-state index contributed by atoms with van der Waals surface area (Å²) < 4.78 is 0.894. The number of benzene rings is 1. The number of halogens is 2. The van der Waals surface area contributed by atoms with Crippen LogP contribution in [0.2, 0.25) is 5.02 Å². The highest BCUT2D eigenvalue weighted by Crippen LogP contribution is 2.28. The Hall–Kier alpha value is -0.580. The third kappa shape index (κ3) is 4.21. The van der Waals surface area contributed by atoms with E-state index in [2.05, 4.69) is 21.2 Å². The van der Waals surface area contributed by atoms with Crippen LogP contribution in [-0.2, 0) is 4.79 Å². The first-order valence-electron chi connectivity index (χ1n) is 7.08. The summed E-state index contributed by atoms with van der Waals surface area (Å²) in [5.41, 5.74) is 6.32. The molecule has 1 aliphatic rings. The van der Waals surface area contributed by atoms with E-state index in [1.165, 1.54) is 25.7 Å². The normalized spacial score (nSPS) is 18.5. The van der Waals surface area contributed by atoms with Crippen molar-refractivity contribution in [2.75, 3.05) is 0 Å². The minimum atomic E-state index is -0.525. The molecule has 110 valence electrons. The molecule has 0 aromatic heterocycles. The molecule has 0 radical (unpaired) electrons. The van der Waals surface area contributed by atoms with Crippen molar-refractivity contribution in [3.63, 3.8) is 0 Å². The molecule has 0 spiro atoms. The van der Waals surface area contributed by atoms with Crippen LogP contribution in [-0.4, -0.2) is 11.9 Å². The van der Waals surface area contributed by atoms with Gasteiger partial charge >= 0.3 is 0 Å². The van der Waals surface area contributed by atoms with Gasteiger partial charge in [0.05, 0.1) is 0 Å². The van der Waals surface area contributed by atoms with Crippen molar-refractivity contribution < 1.29 is 4.79 Å². The predicted molar refractivity (Wildman–Crippen MR) is 85.7 cm³/mol. The second-order valence-electron chi connectivity index (χ2n) is 5.36. The van der Waals surface area contributed by atoms with E-state index in [1.54, 1.807) is 6.07 Å². The third-order valence-corrected chi connectivity index (χ3v) is 4.65. The monoisotopic (exact) mass is 358 g/mol. The lowest BCUT2D eigenvalue weighted by Gasteiger charge is -2.24. The Labute approximate surface area is 133 Å². The quantitative estimate of drug-likeness (QED) is 0.800. The Morgan fingerprint density at radius 1 is 1.30 bits per heavy atom. The van der Waals surface area contributed by atoms with E-state index in [9.17, 15) is 4.79 Å². The summed E-state index contributed by atoms with van der Waals surface area (Å²) in [5.74, 6) is -0.380. The van der Waals surface area contributed by atoms with E-state index in [0.717, 1.165) is 22.9 Å². The van der Waals surface area contributed by atoms with Gasteiger partial charge in [-0.05, 0) is 36.6 Å². The fourth-order valence-corrected chi connectivity index (χ4v) is 3.35. The molecule has 0 heterocycles.